The summed E-state index contributed by atoms with van der Waals surface area (Å²) in [5, 5.41) is 0. The van der Waals surface area contributed by atoms with E-state index in [-0.39, 0.29) is 42.1 Å². The molecule has 0 radical (unpaired) electrons. The zero-order valence-electron chi connectivity index (χ0n) is 15.9. The SMILES string of the molecule is O=C1CCC(=O)N1c1ccc(S(=O)(=O)N2CCCC(Oc3ncc(F)cn3)C2)cc1. The number of carbonyl (C=O) groups excluding carboxylic acids is 2. The van der Waals surface area contributed by atoms with E-state index in [0.29, 0.717) is 25.1 Å². The Balaban J connectivity index is 1.47. The van der Waals surface area contributed by atoms with Gasteiger partial charge in [0, 0.05) is 19.4 Å². The summed E-state index contributed by atoms with van der Waals surface area (Å²) in [4.78, 5) is 32.3. The van der Waals surface area contributed by atoms with Crippen LogP contribution < -0.4 is 9.64 Å². The normalized spacial score (nSPS) is 20.6. The lowest BCUT2D eigenvalue weighted by atomic mass is 10.1. The van der Waals surface area contributed by atoms with Gasteiger partial charge < -0.3 is 4.74 Å². The Morgan fingerprint density at radius 1 is 1.03 bits per heavy atom. The minimum absolute atomic E-state index is 0.00931. The Bertz CT molecular complexity index is 1040. The molecule has 0 aliphatic carbocycles. The molecule has 2 saturated heterocycles. The highest BCUT2D eigenvalue weighted by molar-refractivity contribution is 7.89. The minimum atomic E-state index is -3.80. The van der Waals surface area contributed by atoms with E-state index in [0.717, 1.165) is 17.3 Å². The Labute approximate surface area is 172 Å². The molecule has 30 heavy (non-hydrogen) atoms. The van der Waals surface area contributed by atoms with E-state index in [1.807, 2.05) is 0 Å². The third kappa shape index (κ3) is 4.03. The highest BCUT2D eigenvalue weighted by Crippen LogP contribution is 2.27. The van der Waals surface area contributed by atoms with E-state index in [9.17, 15) is 22.4 Å². The molecule has 3 heterocycles. The van der Waals surface area contributed by atoms with Crippen LogP contribution in [0.15, 0.2) is 41.6 Å². The van der Waals surface area contributed by atoms with Crippen molar-refractivity contribution >= 4 is 27.5 Å². The molecular weight excluding hydrogens is 415 g/mol. The van der Waals surface area contributed by atoms with Crippen LogP contribution in [-0.4, -0.2) is 53.7 Å². The first-order valence-electron chi connectivity index (χ1n) is 9.45. The number of amides is 2. The second kappa shape index (κ2) is 8.07. The lowest BCUT2D eigenvalue weighted by molar-refractivity contribution is -0.121. The van der Waals surface area contributed by atoms with E-state index >= 15 is 0 Å². The first-order chi connectivity index (χ1) is 14.3. The number of piperidine rings is 1. The lowest BCUT2D eigenvalue weighted by Gasteiger charge is -2.31. The van der Waals surface area contributed by atoms with Crippen molar-refractivity contribution in [2.75, 3.05) is 18.0 Å². The van der Waals surface area contributed by atoms with Crippen molar-refractivity contribution in [1.29, 1.82) is 0 Å². The number of benzene rings is 1. The van der Waals surface area contributed by atoms with Crippen LogP contribution in [0.25, 0.3) is 0 Å². The highest BCUT2D eigenvalue weighted by Gasteiger charge is 2.33. The predicted octanol–water partition coefficient (Wildman–Crippen LogP) is 1.50. The summed E-state index contributed by atoms with van der Waals surface area (Å²) >= 11 is 0. The Morgan fingerprint density at radius 3 is 2.30 bits per heavy atom. The quantitative estimate of drug-likeness (QED) is 0.656. The topological polar surface area (TPSA) is 110 Å². The van der Waals surface area contributed by atoms with Crippen LogP contribution in [0.3, 0.4) is 0 Å². The number of aromatic nitrogens is 2. The number of carbonyl (C=O) groups is 2. The summed E-state index contributed by atoms with van der Waals surface area (Å²) in [5.74, 6) is -1.18. The average molecular weight is 434 g/mol. The number of imide groups is 1. The molecule has 0 saturated carbocycles. The van der Waals surface area contributed by atoms with E-state index in [1.165, 1.54) is 28.6 Å². The van der Waals surface area contributed by atoms with Crippen LogP contribution in [0.5, 0.6) is 6.01 Å². The molecular formula is C19H19FN4O5S. The maximum atomic E-state index is 13.0. The van der Waals surface area contributed by atoms with Crippen molar-refractivity contribution in [3.8, 4) is 6.01 Å². The summed E-state index contributed by atoms with van der Waals surface area (Å²) < 4.78 is 45.9. The average Bonchev–Trinajstić information content (AvgIpc) is 3.08. The molecule has 2 fully saturated rings. The van der Waals surface area contributed by atoms with Gasteiger partial charge in [-0.15, -0.1) is 0 Å². The fraction of sp³-hybridized carbons (Fsp3) is 0.368. The van der Waals surface area contributed by atoms with Crippen LogP contribution >= 0.6 is 0 Å². The summed E-state index contributed by atoms with van der Waals surface area (Å²) in [6, 6.07) is 5.68. The third-order valence-corrected chi connectivity index (χ3v) is 6.87. The number of sulfonamides is 1. The number of hydrogen-bond acceptors (Lipinski definition) is 7. The number of nitrogens with zero attached hydrogens (tertiary/aromatic N) is 4. The van der Waals surface area contributed by atoms with Crippen molar-refractivity contribution < 1.29 is 27.1 Å². The van der Waals surface area contributed by atoms with Gasteiger partial charge in [-0.3, -0.25) is 14.5 Å². The van der Waals surface area contributed by atoms with Gasteiger partial charge in [0.05, 0.1) is 29.5 Å². The maximum Gasteiger partial charge on any atom is 0.316 e. The first kappa shape index (κ1) is 20.4. The lowest BCUT2D eigenvalue weighted by Crippen LogP contribution is -2.44. The summed E-state index contributed by atoms with van der Waals surface area (Å²) in [7, 11) is -3.80. The summed E-state index contributed by atoms with van der Waals surface area (Å²) in [6.45, 7) is 0.436. The molecule has 11 heteroatoms. The van der Waals surface area contributed by atoms with Gasteiger partial charge in [0.2, 0.25) is 21.8 Å². The van der Waals surface area contributed by atoms with Gasteiger partial charge >= 0.3 is 6.01 Å². The van der Waals surface area contributed by atoms with Gasteiger partial charge in [-0.05, 0) is 37.1 Å². The smallest absolute Gasteiger partial charge is 0.316 e. The van der Waals surface area contributed by atoms with Crippen molar-refractivity contribution in [3.63, 3.8) is 0 Å². The fourth-order valence-electron chi connectivity index (χ4n) is 3.51. The second-order valence-corrected chi connectivity index (χ2v) is 8.98. The van der Waals surface area contributed by atoms with E-state index in [2.05, 4.69) is 9.97 Å². The third-order valence-electron chi connectivity index (χ3n) is 4.99. The maximum absolute atomic E-state index is 13.0. The number of ether oxygens (including phenoxy) is 1. The van der Waals surface area contributed by atoms with Gasteiger partial charge in [-0.2, -0.15) is 4.31 Å². The largest absolute Gasteiger partial charge is 0.459 e. The molecule has 2 aromatic rings. The standard InChI is InChI=1S/C19H19FN4O5S/c20-13-10-21-19(22-11-13)29-15-2-1-9-23(12-15)30(27,28)16-5-3-14(4-6-16)24-17(25)7-8-18(24)26/h3-6,10-11,15H,1-2,7-9,12H2. The first-order valence-corrected chi connectivity index (χ1v) is 10.9. The molecule has 1 unspecified atom stereocenters. The molecule has 2 aliphatic heterocycles. The van der Waals surface area contributed by atoms with Crippen molar-refractivity contribution in [2.24, 2.45) is 0 Å². The zero-order chi connectivity index (χ0) is 21.3. The van der Waals surface area contributed by atoms with Gasteiger partial charge in [0.25, 0.3) is 0 Å². The van der Waals surface area contributed by atoms with Crippen molar-refractivity contribution in [1.82, 2.24) is 14.3 Å². The Hall–Kier alpha value is -2.92. The number of anilines is 1. The molecule has 9 nitrogen and oxygen atoms in total. The number of rotatable bonds is 5. The molecule has 2 amide bonds. The highest BCUT2D eigenvalue weighted by atomic mass is 32.2. The van der Waals surface area contributed by atoms with Gasteiger partial charge in [-0.1, -0.05) is 0 Å². The molecule has 0 N–H and O–H groups in total. The van der Waals surface area contributed by atoms with Crippen LogP contribution in [0.4, 0.5) is 10.1 Å². The van der Waals surface area contributed by atoms with Gasteiger partial charge in [0.1, 0.15) is 6.10 Å². The zero-order valence-corrected chi connectivity index (χ0v) is 16.7. The molecule has 1 atom stereocenters. The molecule has 0 spiro atoms. The van der Waals surface area contributed by atoms with Crippen LogP contribution in [-0.2, 0) is 19.6 Å². The molecule has 158 valence electrons. The van der Waals surface area contributed by atoms with Crippen molar-refractivity contribution in [2.45, 2.75) is 36.7 Å². The molecule has 1 aromatic carbocycles. The summed E-state index contributed by atoms with van der Waals surface area (Å²) in [6.07, 6.45) is 3.02. The fourth-order valence-corrected chi connectivity index (χ4v) is 5.02. The minimum Gasteiger partial charge on any atom is -0.459 e. The van der Waals surface area contributed by atoms with Crippen LogP contribution in [0, 0.1) is 5.82 Å². The molecule has 2 aliphatic rings. The Kier molecular flexibility index (Phi) is 5.48. The Morgan fingerprint density at radius 2 is 1.67 bits per heavy atom. The number of halogens is 1. The second-order valence-electron chi connectivity index (χ2n) is 7.05. The van der Waals surface area contributed by atoms with Gasteiger partial charge in [0.15, 0.2) is 5.82 Å². The predicted molar refractivity (Wildman–Crippen MR) is 103 cm³/mol. The van der Waals surface area contributed by atoms with E-state index < -0.39 is 21.9 Å². The van der Waals surface area contributed by atoms with Crippen LogP contribution in [0.2, 0.25) is 0 Å². The van der Waals surface area contributed by atoms with Gasteiger partial charge in [-0.25, -0.2) is 22.8 Å². The van der Waals surface area contributed by atoms with E-state index in [1.54, 1.807) is 0 Å². The summed E-state index contributed by atoms with van der Waals surface area (Å²) in [5.41, 5.74) is 0.356. The molecule has 4 rings (SSSR count). The molecule has 0 bridgehead atoms. The number of hydrogen-bond donors (Lipinski definition) is 0. The monoisotopic (exact) mass is 434 g/mol. The molecule has 1 aromatic heterocycles. The van der Waals surface area contributed by atoms with Crippen LogP contribution in [0.1, 0.15) is 25.7 Å². The van der Waals surface area contributed by atoms with Crippen molar-refractivity contribution in [3.05, 3.63) is 42.5 Å². The van der Waals surface area contributed by atoms with E-state index in [4.69, 9.17) is 4.74 Å².